The summed E-state index contributed by atoms with van der Waals surface area (Å²) in [7, 11) is 0. The molecular formula is C13H14F3N3. The van der Waals surface area contributed by atoms with E-state index in [1.807, 2.05) is 0 Å². The summed E-state index contributed by atoms with van der Waals surface area (Å²) in [5, 5.41) is 0. The Bertz CT molecular complexity index is 545. The fraction of sp³-hybridized carbons (Fsp3) is 0.308. The van der Waals surface area contributed by atoms with Crippen LogP contribution in [-0.4, -0.2) is 15.6 Å². The van der Waals surface area contributed by atoms with Crippen molar-refractivity contribution in [3.05, 3.63) is 48.0 Å². The highest BCUT2D eigenvalue weighted by Gasteiger charge is 2.34. The molecular weight excluding hydrogens is 255 g/mol. The minimum Gasteiger partial charge on any atom is -0.328 e. The van der Waals surface area contributed by atoms with Gasteiger partial charge < -0.3 is 10.3 Å². The number of nitrogens with zero attached hydrogens (tertiary/aromatic N) is 2. The van der Waals surface area contributed by atoms with Crippen molar-refractivity contribution in [1.29, 1.82) is 0 Å². The van der Waals surface area contributed by atoms with Gasteiger partial charge in [-0.2, -0.15) is 13.2 Å². The van der Waals surface area contributed by atoms with Crippen LogP contribution in [-0.2, 0) is 12.6 Å². The van der Waals surface area contributed by atoms with Crippen LogP contribution in [0.4, 0.5) is 13.2 Å². The second-order valence-corrected chi connectivity index (χ2v) is 4.50. The summed E-state index contributed by atoms with van der Waals surface area (Å²) in [5.74, 6) is 0. The first-order valence-electron chi connectivity index (χ1n) is 5.82. The van der Waals surface area contributed by atoms with Gasteiger partial charge in [-0.25, -0.2) is 4.98 Å². The molecule has 1 heterocycles. The molecule has 2 aromatic rings. The summed E-state index contributed by atoms with van der Waals surface area (Å²) >= 11 is 0. The van der Waals surface area contributed by atoms with E-state index in [0.29, 0.717) is 12.0 Å². The van der Waals surface area contributed by atoms with E-state index in [1.54, 1.807) is 13.0 Å². The normalized spacial score (nSPS) is 13.5. The molecule has 102 valence electrons. The molecule has 0 bridgehead atoms. The highest BCUT2D eigenvalue weighted by Crippen LogP contribution is 2.34. The van der Waals surface area contributed by atoms with Gasteiger partial charge in [0, 0.05) is 18.4 Å². The van der Waals surface area contributed by atoms with Gasteiger partial charge in [0.15, 0.2) is 0 Å². The third-order valence-corrected chi connectivity index (χ3v) is 2.71. The van der Waals surface area contributed by atoms with Crippen LogP contribution in [0.3, 0.4) is 0 Å². The predicted octanol–water partition coefficient (Wildman–Crippen LogP) is 2.78. The van der Waals surface area contributed by atoms with E-state index in [4.69, 9.17) is 5.73 Å². The maximum atomic E-state index is 13.1. The Morgan fingerprint density at radius 2 is 2.11 bits per heavy atom. The summed E-state index contributed by atoms with van der Waals surface area (Å²) in [4.78, 5) is 3.77. The Balaban J connectivity index is 2.50. The number of imidazole rings is 1. The molecule has 6 heteroatoms. The standard InChI is InChI=1S/C13H14F3N3/c1-9(17)6-10-2-3-12(19-5-4-18-8-19)11(7-10)13(14,15)16/h2-5,7-9H,6,17H2,1H3. The van der Waals surface area contributed by atoms with E-state index in [0.717, 1.165) is 6.07 Å². The zero-order chi connectivity index (χ0) is 14.0. The van der Waals surface area contributed by atoms with Crippen LogP contribution in [0.25, 0.3) is 5.69 Å². The molecule has 0 aliphatic heterocycles. The van der Waals surface area contributed by atoms with Crippen molar-refractivity contribution in [1.82, 2.24) is 9.55 Å². The Morgan fingerprint density at radius 1 is 1.37 bits per heavy atom. The van der Waals surface area contributed by atoms with Gasteiger partial charge in [0.05, 0.1) is 17.6 Å². The maximum Gasteiger partial charge on any atom is 0.418 e. The van der Waals surface area contributed by atoms with Crippen molar-refractivity contribution >= 4 is 0 Å². The van der Waals surface area contributed by atoms with Crippen LogP contribution in [0.5, 0.6) is 0 Å². The molecule has 2 N–H and O–H groups in total. The van der Waals surface area contributed by atoms with E-state index in [-0.39, 0.29) is 11.7 Å². The lowest BCUT2D eigenvalue weighted by Crippen LogP contribution is -2.19. The zero-order valence-electron chi connectivity index (χ0n) is 10.4. The van der Waals surface area contributed by atoms with Gasteiger partial charge in [-0.1, -0.05) is 6.07 Å². The number of hydrogen-bond donors (Lipinski definition) is 1. The molecule has 1 aromatic heterocycles. The fourth-order valence-electron chi connectivity index (χ4n) is 1.94. The molecule has 0 aliphatic carbocycles. The predicted molar refractivity (Wildman–Crippen MR) is 65.9 cm³/mol. The Morgan fingerprint density at radius 3 is 2.63 bits per heavy atom. The quantitative estimate of drug-likeness (QED) is 0.931. The lowest BCUT2D eigenvalue weighted by Gasteiger charge is -2.15. The largest absolute Gasteiger partial charge is 0.418 e. The van der Waals surface area contributed by atoms with Crippen LogP contribution in [0.2, 0.25) is 0 Å². The van der Waals surface area contributed by atoms with Crippen LogP contribution in [0.1, 0.15) is 18.1 Å². The molecule has 0 radical (unpaired) electrons. The first-order valence-corrected chi connectivity index (χ1v) is 5.82. The van der Waals surface area contributed by atoms with Crippen molar-refractivity contribution in [2.75, 3.05) is 0 Å². The maximum absolute atomic E-state index is 13.1. The summed E-state index contributed by atoms with van der Waals surface area (Å²) in [5.41, 5.74) is 5.59. The molecule has 0 saturated carbocycles. The van der Waals surface area contributed by atoms with Gasteiger partial charge in [0.2, 0.25) is 0 Å². The van der Waals surface area contributed by atoms with Gasteiger partial charge in [-0.05, 0) is 31.0 Å². The van der Waals surface area contributed by atoms with E-state index in [9.17, 15) is 13.2 Å². The first-order chi connectivity index (χ1) is 8.88. The third-order valence-electron chi connectivity index (χ3n) is 2.71. The summed E-state index contributed by atoms with van der Waals surface area (Å²) in [6.45, 7) is 1.76. The van der Waals surface area contributed by atoms with Crippen molar-refractivity contribution in [2.24, 2.45) is 5.73 Å². The van der Waals surface area contributed by atoms with Gasteiger partial charge in [0.1, 0.15) is 0 Å². The van der Waals surface area contributed by atoms with Crippen molar-refractivity contribution in [2.45, 2.75) is 25.6 Å². The molecule has 1 aromatic carbocycles. The second kappa shape index (κ2) is 5.05. The molecule has 19 heavy (non-hydrogen) atoms. The molecule has 0 saturated heterocycles. The SMILES string of the molecule is CC(N)Cc1ccc(-n2ccnc2)c(C(F)(F)F)c1. The van der Waals surface area contributed by atoms with E-state index < -0.39 is 11.7 Å². The minimum atomic E-state index is -4.41. The number of rotatable bonds is 3. The molecule has 0 spiro atoms. The van der Waals surface area contributed by atoms with E-state index in [1.165, 1.54) is 29.4 Å². The molecule has 0 aliphatic rings. The number of hydrogen-bond acceptors (Lipinski definition) is 2. The average molecular weight is 269 g/mol. The van der Waals surface area contributed by atoms with Crippen molar-refractivity contribution in [3.63, 3.8) is 0 Å². The molecule has 2 rings (SSSR count). The molecule has 0 fully saturated rings. The highest BCUT2D eigenvalue weighted by atomic mass is 19.4. The van der Waals surface area contributed by atoms with Gasteiger partial charge >= 0.3 is 6.18 Å². The number of halogens is 3. The molecule has 1 unspecified atom stereocenters. The summed E-state index contributed by atoms with van der Waals surface area (Å²) in [6.07, 6.45) is 0.266. The van der Waals surface area contributed by atoms with Crippen LogP contribution >= 0.6 is 0 Å². The molecule has 1 atom stereocenters. The number of benzene rings is 1. The molecule has 3 nitrogen and oxygen atoms in total. The number of aromatic nitrogens is 2. The summed E-state index contributed by atoms with van der Waals surface area (Å²) < 4.78 is 40.6. The lowest BCUT2D eigenvalue weighted by molar-refractivity contribution is -0.137. The van der Waals surface area contributed by atoms with Gasteiger partial charge in [-0.15, -0.1) is 0 Å². The average Bonchev–Trinajstić information content (AvgIpc) is 2.80. The lowest BCUT2D eigenvalue weighted by atomic mass is 10.0. The highest BCUT2D eigenvalue weighted by molar-refractivity contribution is 5.45. The van der Waals surface area contributed by atoms with Crippen molar-refractivity contribution in [3.8, 4) is 5.69 Å². The first kappa shape index (κ1) is 13.6. The number of alkyl halides is 3. The Labute approximate surface area is 108 Å². The topological polar surface area (TPSA) is 43.8 Å². The Kier molecular flexibility index (Phi) is 3.61. The van der Waals surface area contributed by atoms with Crippen molar-refractivity contribution < 1.29 is 13.2 Å². The smallest absolute Gasteiger partial charge is 0.328 e. The Hall–Kier alpha value is -1.82. The monoisotopic (exact) mass is 269 g/mol. The second-order valence-electron chi connectivity index (χ2n) is 4.50. The third kappa shape index (κ3) is 3.14. The van der Waals surface area contributed by atoms with E-state index >= 15 is 0 Å². The van der Waals surface area contributed by atoms with Gasteiger partial charge in [-0.3, -0.25) is 0 Å². The van der Waals surface area contributed by atoms with Crippen LogP contribution in [0.15, 0.2) is 36.9 Å². The van der Waals surface area contributed by atoms with Gasteiger partial charge in [0.25, 0.3) is 0 Å². The van der Waals surface area contributed by atoms with E-state index in [2.05, 4.69) is 4.98 Å². The number of nitrogens with two attached hydrogens (primary N) is 1. The zero-order valence-corrected chi connectivity index (χ0v) is 10.4. The minimum absolute atomic E-state index is 0.0680. The summed E-state index contributed by atoms with van der Waals surface area (Å²) in [6, 6.07) is 4.08. The fourth-order valence-corrected chi connectivity index (χ4v) is 1.94. The van der Waals surface area contributed by atoms with Crippen LogP contribution < -0.4 is 5.73 Å². The van der Waals surface area contributed by atoms with Crippen LogP contribution in [0, 0.1) is 0 Å². The molecule has 0 amide bonds.